The molecule has 0 radical (unpaired) electrons. The molecule has 1 heterocycles. The smallest absolute Gasteiger partial charge is 0.225 e. The summed E-state index contributed by atoms with van der Waals surface area (Å²) in [5.41, 5.74) is 1.12. The van der Waals surface area contributed by atoms with Gasteiger partial charge in [0.05, 0.1) is 12.6 Å². The van der Waals surface area contributed by atoms with Gasteiger partial charge in [-0.2, -0.15) is 0 Å². The summed E-state index contributed by atoms with van der Waals surface area (Å²) >= 11 is 0. The van der Waals surface area contributed by atoms with Crippen molar-refractivity contribution < 1.29 is 9.53 Å². The molecule has 164 valence electrons. The van der Waals surface area contributed by atoms with E-state index < -0.39 is 0 Å². The molecule has 6 nitrogen and oxygen atoms in total. The summed E-state index contributed by atoms with van der Waals surface area (Å²) in [4.78, 5) is 19.6. The van der Waals surface area contributed by atoms with Crippen molar-refractivity contribution in [1.82, 2.24) is 15.5 Å². The Morgan fingerprint density at radius 3 is 2.67 bits per heavy atom. The molecule has 30 heavy (non-hydrogen) atoms. The molecule has 1 saturated heterocycles. The van der Waals surface area contributed by atoms with Crippen LogP contribution in [-0.4, -0.2) is 48.5 Å². The van der Waals surface area contributed by atoms with Crippen LogP contribution in [0.2, 0.25) is 0 Å². The lowest BCUT2D eigenvalue weighted by atomic mass is 9.96. The van der Waals surface area contributed by atoms with E-state index in [-0.39, 0.29) is 12.0 Å². The Kier molecular flexibility index (Phi) is 7.13. The largest absolute Gasteiger partial charge is 0.490 e. The molecule has 2 saturated carbocycles. The van der Waals surface area contributed by atoms with E-state index in [4.69, 9.17) is 9.73 Å². The first-order valence-corrected chi connectivity index (χ1v) is 11.8. The molecule has 1 unspecified atom stereocenters. The third-order valence-electron chi connectivity index (χ3n) is 6.62. The van der Waals surface area contributed by atoms with Gasteiger partial charge in [0.15, 0.2) is 5.96 Å². The number of nitrogens with zero attached hydrogens (tertiary/aromatic N) is 2. The highest BCUT2D eigenvalue weighted by molar-refractivity contribution is 5.81. The average Bonchev–Trinajstić information content (AvgIpc) is 3.41. The van der Waals surface area contributed by atoms with Crippen molar-refractivity contribution in [1.29, 1.82) is 0 Å². The van der Waals surface area contributed by atoms with E-state index in [1.807, 2.05) is 18.2 Å². The van der Waals surface area contributed by atoms with Crippen LogP contribution in [0.25, 0.3) is 0 Å². The van der Waals surface area contributed by atoms with Gasteiger partial charge in [0.2, 0.25) is 5.91 Å². The number of ether oxygens (including phenoxy) is 1. The Morgan fingerprint density at radius 1 is 1.13 bits per heavy atom. The maximum atomic E-state index is 12.7. The number of amides is 1. The molecule has 1 amide bonds. The number of benzene rings is 1. The Labute approximate surface area is 180 Å². The minimum absolute atomic E-state index is 0.259. The highest BCUT2D eigenvalue weighted by Crippen LogP contribution is 2.29. The molecule has 0 aromatic heterocycles. The summed E-state index contributed by atoms with van der Waals surface area (Å²) in [6, 6.07) is 8.47. The summed E-state index contributed by atoms with van der Waals surface area (Å²) in [6.07, 6.45) is 9.46. The van der Waals surface area contributed by atoms with Crippen LogP contribution >= 0.6 is 0 Å². The molecule has 1 aromatic carbocycles. The molecular weight excluding hydrogens is 376 g/mol. The second kappa shape index (κ2) is 10.2. The molecular formula is C24H36N4O2. The van der Waals surface area contributed by atoms with Crippen LogP contribution < -0.4 is 15.4 Å². The number of likely N-dealkylation sites (tertiary alicyclic amines) is 1. The number of aliphatic imine (C=N–C) groups is 1. The number of nitrogens with one attached hydrogen (secondary N) is 2. The summed E-state index contributed by atoms with van der Waals surface area (Å²) < 4.78 is 6.14. The van der Waals surface area contributed by atoms with Crippen molar-refractivity contribution in [3.63, 3.8) is 0 Å². The number of guanidine groups is 1. The summed E-state index contributed by atoms with van der Waals surface area (Å²) in [6.45, 7) is 5.10. The lowest BCUT2D eigenvalue weighted by Gasteiger charge is -2.27. The lowest BCUT2D eigenvalue weighted by Crippen LogP contribution is -2.45. The molecule has 0 bridgehead atoms. The molecule has 3 fully saturated rings. The van der Waals surface area contributed by atoms with Crippen LogP contribution in [0.4, 0.5) is 0 Å². The number of hydrogen-bond acceptors (Lipinski definition) is 3. The SMILES string of the molecule is CCNC(=NCc1ccccc1OC1CCC1)NC1CCN(C(=O)C2CCCC2)C1. The molecule has 0 spiro atoms. The quantitative estimate of drug-likeness (QED) is 0.532. The van der Waals surface area contributed by atoms with E-state index in [0.717, 1.165) is 69.0 Å². The van der Waals surface area contributed by atoms with E-state index >= 15 is 0 Å². The van der Waals surface area contributed by atoms with Crippen molar-refractivity contribution in [2.24, 2.45) is 10.9 Å². The molecule has 4 rings (SSSR count). The summed E-state index contributed by atoms with van der Waals surface area (Å²) in [5, 5.41) is 6.91. The van der Waals surface area contributed by atoms with Gasteiger partial charge in [0.25, 0.3) is 0 Å². The zero-order chi connectivity index (χ0) is 20.8. The van der Waals surface area contributed by atoms with E-state index in [2.05, 4.69) is 28.5 Å². The fourth-order valence-electron chi connectivity index (χ4n) is 4.60. The molecule has 3 aliphatic rings. The molecule has 2 aliphatic carbocycles. The van der Waals surface area contributed by atoms with Gasteiger partial charge in [-0.25, -0.2) is 4.99 Å². The molecule has 2 N–H and O–H groups in total. The third kappa shape index (κ3) is 5.27. The first-order valence-electron chi connectivity index (χ1n) is 11.8. The fourth-order valence-corrected chi connectivity index (χ4v) is 4.60. The van der Waals surface area contributed by atoms with Crippen LogP contribution in [0.3, 0.4) is 0 Å². The topological polar surface area (TPSA) is 66.0 Å². The molecule has 1 aliphatic heterocycles. The van der Waals surface area contributed by atoms with Crippen LogP contribution in [0, 0.1) is 5.92 Å². The van der Waals surface area contributed by atoms with Gasteiger partial charge < -0.3 is 20.3 Å². The maximum Gasteiger partial charge on any atom is 0.225 e. The second-order valence-electron chi connectivity index (χ2n) is 8.87. The minimum Gasteiger partial charge on any atom is -0.490 e. The highest BCUT2D eigenvalue weighted by atomic mass is 16.5. The van der Waals surface area contributed by atoms with E-state index in [0.29, 0.717) is 18.6 Å². The van der Waals surface area contributed by atoms with Crippen LogP contribution in [-0.2, 0) is 11.3 Å². The van der Waals surface area contributed by atoms with Crippen LogP contribution in [0.1, 0.15) is 63.9 Å². The monoisotopic (exact) mass is 412 g/mol. The second-order valence-corrected chi connectivity index (χ2v) is 8.87. The predicted octanol–water partition coefficient (Wildman–Crippen LogP) is 3.46. The predicted molar refractivity (Wildman–Crippen MR) is 120 cm³/mol. The molecule has 6 heteroatoms. The van der Waals surface area contributed by atoms with Gasteiger partial charge >= 0.3 is 0 Å². The minimum atomic E-state index is 0.259. The van der Waals surface area contributed by atoms with Crippen molar-refractivity contribution in [3.05, 3.63) is 29.8 Å². The average molecular weight is 413 g/mol. The lowest BCUT2D eigenvalue weighted by molar-refractivity contribution is -0.134. The van der Waals surface area contributed by atoms with Crippen molar-refractivity contribution >= 4 is 11.9 Å². The van der Waals surface area contributed by atoms with E-state index in [1.165, 1.54) is 19.3 Å². The normalized spacial score (nSPS) is 22.8. The number of carbonyl (C=O) groups is 1. The molecule has 1 aromatic rings. The van der Waals surface area contributed by atoms with Gasteiger partial charge in [-0.05, 0) is 51.5 Å². The van der Waals surface area contributed by atoms with Gasteiger partial charge in [-0.3, -0.25) is 4.79 Å². The Morgan fingerprint density at radius 2 is 1.93 bits per heavy atom. The fraction of sp³-hybridized carbons (Fsp3) is 0.667. The van der Waals surface area contributed by atoms with Crippen molar-refractivity contribution in [3.8, 4) is 5.75 Å². The van der Waals surface area contributed by atoms with E-state index in [9.17, 15) is 4.79 Å². The number of hydrogen-bond donors (Lipinski definition) is 2. The zero-order valence-electron chi connectivity index (χ0n) is 18.2. The Hall–Kier alpha value is -2.24. The van der Waals surface area contributed by atoms with Gasteiger partial charge in [0, 0.05) is 37.2 Å². The van der Waals surface area contributed by atoms with Gasteiger partial charge in [-0.1, -0.05) is 31.0 Å². The van der Waals surface area contributed by atoms with E-state index in [1.54, 1.807) is 0 Å². The Bertz CT molecular complexity index is 740. The highest BCUT2D eigenvalue weighted by Gasteiger charge is 2.32. The van der Waals surface area contributed by atoms with Crippen molar-refractivity contribution in [2.75, 3.05) is 19.6 Å². The number of rotatable bonds is 7. The maximum absolute atomic E-state index is 12.7. The van der Waals surface area contributed by atoms with Crippen LogP contribution in [0.15, 0.2) is 29.3 Å². The standard InChI is InChI=1S/C24H36N4O2/c1-2-25-24(26-16-19-10-5-6-13-22(19)30-21-11-7-12-21)27-20-14-15-28(17-20)23(29)18-8-3-4-9-18/h5-6,10,13,18,20-21H,2-4,7-9,11-12,14-17H2,1H3,(H2,25,26,27). The summed E-state index contributed by atoms with van der Waals surface area (Å²) in [5.74, 6) is 2.39. The van der Waals surface area contributed by atoms with Gasteiger partial charge in [-0.15, -0.1) is 0 Å². The third-order valence-corrected chi connectivity index (χ3v) is 6.62. The Balaban J connectivity index is 1.33. The van der Waals surface area contributed by atoms with Crippen molar-refractivity contribution in [2.45, 2.75) is 77.0 Å². The number of para-hydroxylation sites is 1. The number of carbonyl (C=O) groups excluding carboxylic acids is 1. The van der Waals surface area contributed by atoms with Crippen LogP contribution in [0.5, 0.6) is 5.75 Å². The first-order chi connectivity index (χ1) is 14.7. The summed E-state index contributed by atoms with van der Waals surface area (Å²) in [7, 11) is 0. The van der Waals surface area contributed by atoms with Gasteiger partial charge in [0.1, 0.15) is 5.75 Å². The zero-order valence-corrected chi connectivity index (χ0v) is 18.2. The molecule has 1 atom stereocenters. The first kappa shape index (κ1) is 21.0.